The molecule has 1 aromatic carbocycles. The molecule has 3 aromatic rings. The van der Waals surface area contributed by atoms with Crippen molar-refractivity contribution in [3.63, 3.8) is 0 Å². The fraction of sp³-hybridized carbons (Fsp3) is 0.167. The van der Waals surface area contributed by atoms with E-state index in [0.29, 0.717) is 22.1 Å². The number of nitrogens with zero attached hydrogens (tertiary/aromatic N) is 1. The number of anilines is 1. The molecule has 3 rings (SSSR count). The number of furan rings is 1. The molecule has 1 amide bonds. The lowest BCUT2D eigenvalue weighted by molar-refractivity contribution is 0.0952. The summed E-state index contributed by atoms with van der Waals surface area (Å²) < 4.78 is 37.1. The van der Waals surface area contributed by atoms with Crippen LogP contribution < -0.4 is 14.4 Å². The van der Waals surface area contributed by atoms with Gasteiger partial charge in [0.15, 0.2) is 0 Å². The highest BCUT2D eigenvalue weighted by molar-refractivity contribution is 7.92. The summed E-state index contributed by atoms with van der Waals surface area (Å²) in [5, 5.41) is 4.41. The highest BCUT2D eigenvalue weighted by atomic mass is 32.2. The molecule has 0 radical (unpaired) electrons. The fourth-order valence-corrected chi connectivity index (χ4v) is 4.52. The third-order valence-electron chi connectivity index (χ3n) is 3.91. The van der Waals surface area contributed by atoms with Crippen LogP contribution in [0.1, 0.15) is 15.4 Å². The van der Waals surface area contributed by atoms with E-state index in [4.69, 9.17) is 9.15 Å². The third kappa shape index (κ3) is 3.99. The molecule has 2 heterocycles. The normalized spacial score (nSPS) is 11.2. The van der Waals surface area contributed by atoms with E-state index in [2.05, 4.69) is 5.32 Å². The van der Waals surface area contributed by atoms with Crippen molar-refractivity contribution in [1.82, 2.24) is 5.32 Å². The molecule has 0 saturated carbocycles. The van der Waals surface area contributed by atoms with Gasteiger partial charge in [-0.25, -0.2) is 8.42 Å². The minimum absolute atomic E-state index is 0.110. The van der Waals surface area contributed by atoms with Crippen LogP contribution in [0.4, 0.5) is 5.69 Å². The van der Waals surface area contributed by atoms with Gasteiger partial charge in [-0.05, 0) is 47.8 Å². The summed E-state index contributed by atoms with van der Waals surface area (Å²) in [6.45, 7) is 0.220. The van der Waals surface area contributed by atoms with Crippen LogP contribution in [-0.4, -0.2) is 28.5 Å². The summed E-state index contributed by atoms with van der Waals surface area (Å²) in [7, 11) is -0.885. The zero-order valence-corrected chi connectivity index (χ0v) is 16.3. The van der Waals surface area contributed by atoms with Gasteiger partial charge in [0.05, 0.1) is 30.5 Å². The number of ether oxygens (including phenoxy) is 1. The minimum Gasteiger partial charge on any atom is -0.497 e. The van der Waals surface area contributed by atoms with Gasteiger partial charge in [-0.3, -0.25) is 9.10 Å². The van der Waals surface area contributed by atoms with E-state index < -0.39 is 10.0 Å². The topological polar surface area (TPSA) is 88.9 Å². The van der Waals surface area contributed by atoms with Crippen molar-refractivity contribution in [3.05, 3.63) is 64.7 Å². The van der Waals surface area contributed by atoms with Crippen LogP contribution in [0, 0.1) is 0 Å². The Balaban J connectivity index is 1.81. The Morgan fingerprint density at radius 1 is 1.22 bits per heavy atom. The third-order valence-corrected chi connectivity index (χ3v) is 6.60. The average molecular weight is 406 g/mol. The first kappa shape index (κ1) is 19.0. The first-order valence-electron chi connectivity index (χ1n) is 7.94. The number of sulfonamides is 1. The van der Waals surface area contributed by atoms with Crippen molar-refractivity contribution in [1.29, 1.82) is 0 Å². The van der Waals surface area contributed by atoms with E-state index in [1.165, 1.54) is 43.9 Å². The smallest absolute Gasteiger partial charge is 0.264 e. The molecule has 0 aliphatic rings. The van der Waals surface area contributed by atoms with Crippen LogP contribution in [-0.2, 0) is 16.6 Å². The van der Waals surface area contributed by atoms with E-state index in [-0.39, 0.29) is 17.3 Å². The molecule has 0 fully saturated rings. The predicted molar refractivity (Wildman–Crippen MR) is 103 cm³/mol. The van der Waals surface area contributed by atoms with Crippen LogP contribution >= 0.6 is 11.3 Å². The Kier molecular flexibility index (Phi) is 5.52. The van der Waals surface area contributed by atoms with Gasteiger partial charge in [0.25, 0.3) is 15.9 Å². The molecule has 27 heavy (non-hydrogen) atoms. The molecule has 0 atom stereocenters. The Hall–Kier alpha value is -2.78. The lowest BCUT2D eigenvalue weighted by atomic mass is 10.3. The minimum atomic E-state index is -3.82. The Morgan fingerprint density at radius 3 is 2.59 bits per heavy atom. The SMILES string of the molecule is COc1ccc(S(=O)(=O)N(C)c2ccsc2C(=O)NCc2ccco2)cc1. The zero-order chi connectivity index (χ0) is 19.4. The van der Waals surface area contributed by atoms with Gasteiger partial charge in [0, 0.05) is 7.05 Å². The van der Waals surface area contributed by atoms with Crippen LogP contribution in [0.5, 0.6) is 5.75 Å². The molecule has 0 saturated heterocycles. The second-order valence-corrected chi connectivity index (χ2v) is 8.43. The van der Waals surface area contributed by atoms with E-state index in [9.17, 15) is 13.2 Å². The summed E-state index contributed by atoms with van der Waals surface area (Å²) in [6, 6.07) is 11.2. The van der Waals surface area contributed by atoms with Crippen LogP contribution in [0.2, 0.25) is 0 Å². The number of nitrogens with one attached hydrogen (secondary N) is 1. The maximum atomic E-state index is 12.9. The number of hydrogen-bond acceptors (Lipinski definition) is 6. The average Bonchev–Trinajstić information content (AvgIpc) is 3.37. The number of carbonyl (C=O) groups excluding carboxylic acids is 1. The Labute approximate surface area is 161 Å². The molecule has 0 aliphatic carbocycles. The van der Waals surface area contributed by atoms with Gasteiger partial charge < -0.3 is 14.5 Å². The molecule has 0 spiro atoms. The Bertz CT molecular complexity index is 1010. The first-order chi connectivity index (χ1) is 12.9. The maximum absolute atomic E-state index is 12.9. The van der Waals surface area contributed by atoms with Crippen molar-refractivity contribution in [2.75, 3.05) is 18.5 Å². The fourth-order valence-electron chi connectivity index (χ4n) is 2.42. The number of carbonyl (C=O) groups is 1. The molecule has 2 aromatic heterocycles. The van der Waals surface area contributed by atoms with Gasteiger partial charge >= 0.3 is 0 Å². The van der Waals surface area contributed by atoms with Crippen molar-refractivity contribution in [3.8, 4) is 5.75 Å². The highest BCUT2D eigenvalue weighted by Crippen LogP contribution is 2.30. The molecule has 142 valence electrons. The lowest BCUT2D eigenvalue weighted by Crippen LogP contribution is -2.29. The number of methoxy groups -OCH3 is 1. The molecular formula is C18H18N2O5S2. The summed E-state index contributed by atoms with van der Waals surface area (Å²) in [5.41, 5.74) is 0.313. The molecule has 7 nitrogen and oxygen atoms in total. The standard InChI is InChI=1S/C18H18N2O5S2/c1-20(27(22,23)15-7-5-13(24-2)6-8-15)16-9-11-26-17(16)18(21)19-12-14-4-3-10-25-14/h3-11H,12H2,1-2H3,(H,19,21). The first-order valence-corrected chi connectivity index (χ1v) is 10.3. The summed E-state index contributed by atoms with van der Waals surface area (Å²) in [6.07, 6.45) is 1.52. The van der Waals surface area contributed by atoms with Crippen molar-refractivity contribution in [2.24, 2.45) is 0 Å². The van der Waals surface area contributed by atoms with Gasteiger partial charge in [-0.2, -0.15) is 0 Å². The Morgan fingerprint density at radius 2 is 1.96 bits per heavy atom. The molecule has 0 bridgehead atoms. The van der Waals surface area contributed by atoms with E-state index in [1.807, 2.05) is 0 Å². The van der Waals surface area contributed by atoms with Crippen LogP contribution in [0.25, 0.3) is 0 Å². The number of hydrogen-bond donors (Lipinski definition) is 1. The van der Waals surface area contributed by atoms with E-state index in [0.717, 1.165) is 4.31 Å². The number of benzene rings is 1. The molecule has 1 N–H and O–H groups in total. The highest BCUT2D eigenvalue weighted by Gasteiger charge is 2.26. The summed E-state index contributed by atoms with van der Waals surface area (Å²) >= 11 is 1.17. The van der Waals surface area contributed by atoms with Gasteiger partial charge in [-0.1, -0.05) is 0 Å². The summed E-state index contributed by atoms with van der Waals surface area (Å²) in [4.78, 5) is 12.9. The van der Waals surface area contributed by atoms with Gasteiger partial charge in [0.2, 0.25) is 0 Å². The van der Waals surface area contributed by atoms with E-state index in [1.54, 1.807) is 35.7 Å². The number of thiophene rings is 1. The van der Waals surface area contributed by atoms with Crippen molar-refractivity contribution in [2.45, 2.75) is 11.4 Å². The number of rotatable bonds is 7. The second-order valence-electron chi connectivity index (χ2n) is 5.55. The molecule has 0 unspecified atom stereocenters. The lowest BCUT2D eigenvalue weighted by Gasteiger charge is -2.20. The summed E-state index contributed by atoms with van der Waals surface area (Å²) in [5.74, 6) is 0.805. The predicted octanol–water partition coefficient (Wildman–Crippen LogP) is 3.10. The van der Waals surface area contributed by atoms with Crippen molar-refractivity contribution >= 4 is 33.0 Å². The molecule has 0 aliphatic heterocycles. The van der Waals surface area contributed by atoms with Crippen LogP contribution in [0.3, 0.4) is 0 Å². The van der Waals surface area contributed by atoms with E-state index >= 15 is 0 Å². The largest absolute Gasteiger partial charge is 0.497 e. The number of amides is 1. The zero-order valence-electron chi connectivity index (χ0n) is 14.7. The second kappa shape index (κ2) is 7.85. The molecule has 9 heteroatoms. The van der Waals surface area contributed by atoms with Gasteiger partial charge in [0.1, 0.15) is 16.4 Å². The van der Waals surface area contributed by atoms with Crippen LogP contribution in [0.15, 0.2) is 63.4 Å². The van der Waals surface area contributed by atoms with Crippen molar-refractivity contribution < 1.29 is 22.4 Å². The van der Waals surface area contributed by atoms with Gasteiger partial charge in [-0.15, -0.1) is 11.3 Å². The quantitative estimate of drug-likeness (QED) is 0.651. The maximum Gasteiger partial charge on any atom is 0.264 e. The molecular weight excluding hydrogens is 388 g/mol. The monoisotopic (exact) mass is 406 g/mol.